The van der Waals surface area contributed by atoms with E-state index in [0.29, 0.717) is 30.9 Å². The van der Waals surface area contributed by atoms with Crippen LogP contribution in [0.1, 0.15) is 49.7 Å². The molecule has 2 aliphatic heterocycles. The van der Waals surface area contributed by atoms with Gasteiger partial charge in [0.1, 0.15) is 24.3 Å². The van der Waals surface area contributed by atoms with E-state index in [0.717, 1.165) is 31.2 Å². The maximum atomic E-state index is 12.5. The van der Waals surface area contributed by atoms with Crippen molar-refractivity contribution in [1.82, 2.24) is 29.7 Å². The van der Waals surface area contributed by atoms with Gasteiger partial charge in [0, 0.05) is 25.6 Å². The highest BCUT2D eigenvalue weighted by Crippen LogP contribution is 2.33. The lowest BCUT2D eigenvalue weighted by molar-refractivity contribution is -0.137. The molecule has 3 fully saturated rings. The van der Waals surface area contributed by atoms with Gasteiger partial charge in [-0.2, -0.15) is 0 Å². The lowest BCUT2D eigenvalue weighted by Gasteiger charge is -2.30. The molecule has 6 rings (SSSR count). The molecule has 1 aromatic carbocycles. The number of hydrogen-bond acceptors (Lipinski definition) is 10. The Morgan fingerprint density at radius 3 is 2.60 bits per heavy atom. The first-order chi connectivity index (χ1) is 20.4. The Balaban J connectivity index is 1.06. The lowest BCUT2D eigenvalue weighted by atomic mass is 9.94. The molecule has 0 spiro atoms. The number of fused-ring (bicyclic) bond motifs is 1. The van der Waals surface area contributed by atoms with Crippen LogP contribution in [0.15, 0.2) is 36.7 Å². The van der Waals surface area contributed by atoms with Crippen LogP contribution >= 0.6 is 0 Å². The molecule has 2 aromatic heterocycles. The van der Waals surface area contributed by atoms with Crippen molar-refractivity contribution < 1.29 is 29.3 Å². The van der Waals surface area contributed by atoms with E-state index < -0.39 is 30.4 Å². The number of rotatable bonds is 6. The van der Waals surface area contributed by atoms with Gasteiger partial charge in [0.15, 0.2) is 23.8 Å². The Kier molecular flexibility index (Phi) is 7.92. The van der Waals surface area contributed by atoms with Crippen molar-refractivity contribution in [2.75, 3.05) is 18.8 Å². The first kappa shape index (κ1) is 27.9. The summed E-state index contributed by atoms with van der Waals surface area (Å²) >= 11 is 0. The minimum atomic E-state index is -1.42. The number of likely N-dealkylation sites (tertiary alicyclic amines) is 1. The van der Waals surface area contributed by atoms with E-state index in [1.807, 2.05) is 30.3 Å². The largest absolute Gasteiger partial charge is 0.445 e. The minimum absolute atomic E-state index is 0.0845. The van der Waals surface area contributed by atoms with Crippen molar-refractivity contribution in [2.24, 2.45) is 5.92 Å². The Morgan fingerprint density at radius 1 is 1.10 bits per heavy atom. The third kappa shape index (κ3) is 6.01. The molecule has 1 saturated carbocycles. The number of nitrogens with zero attached hydrogens (tertiary/aromatic N) is 5. The van der Waals surface area contributed by atoms with Crippen LogP contribution in [0.2, 0.25) is 0 Å². The van der Waals surface area contributed by atoms with Crippen LogP contribution in [0, 0.1) is 17.8 Å². The molecule has 13 nitrogen and oxygen atoms in total. The first-order valence-corrected chi connectivity index (χ1v) is 14.1. The number of hydrogen-bond donors (Lipinski definition) is 4. The zero-order chi connectivity index (χ0) is 29.2. The summed E-state index contributed by atoms with van der Waals surface area (Å²) in [5, 5.41) is 24.0. The maximum absolute atomic E-state index is 12.5. The van der Waals surface area contributed by atoms with Crippen molar-refractivity contribution in [1.29, 1.82) is 0 Å². The number of nitrogens with one attached hydrogen (secondary N) is 1. The zero-order valence-electron chi connectivity index (χ0n) is 22.9. The topological polar surface area (TPSA) is 178 Å². The number of aliphatic hydroxyl groups is 2. The average Bonchev–Trinajstić information content (AvgIpc) is 3.63. The number of anilines is 1. The van der Waals surface area contributed by atoms with Crippen molar-refractivity contribution in [3.63, 3.8) is 0 Å². The van der Waals surface area contributed by atoms with E-state index in [1.54, 1.807) is 4.90 Å². The van der Waals surface area contributed by atoms with Gasteiger partial charge in [-0.15, -0.1) is 0 Å². The molecule has 5 N–H and O–H groups in total. The molecular weight excluding hydrogens is 542 g/mol. The van der Waals surface area contributed by atoms with Crippen molar-refractivity contribution >= 4 is 29.0 Å². The minimum Gasteiger partial charge on any atom is -0.445 e. The maximum Gasteiger partial charge on any atom is 0.410 e. The number of carbonyl (C=O) groups is 2. The van der Waals surface area contributed by atoms with Gasteiger partial charge in [-0.1, -0.05) is 36.3 Å². The van der Waals surface area contributed by atoms with Crippen molar-refractivity contribution in [2.45, 2.75) is 69.3 Å². The van der Waals surface area contributed by atoms with Gasteiger partial charge >= 0.3 is 6.09 Å². The van der Waals surface area contributed by atoms with Gasteiger partial charge in [0.25, 0.3) is 5.91 Å². The molecule has 13 heteroatoms. The van der Waals surface area contributed by atoms with Gasteiger partial charge in [-0.3, -0.25) is 9.36 Å². The summed E-state index contributed by atoms with van der Waals surface area (Å²) < 4.78 is 12.6. The van der Waals surface area contributed by atoms with Gasteiger partial charge in [0.05, 0.1) is 6.33 Å². The van der Waals surface area contributed by atoms with E-state index in [1.165, 1.54) is 10.9 Å². The predicted molar refractivity (Wildman–Crippen MR) is 149 cm³/mol. The summed E-state index contributed by atoms with van der Waals surface area (Å²) in [6.07, 6.45) is -0.0710. The number of amides is 2. The summed E-state index contributed by atoms with van der Waals surface area (Å²) in [6, 6.07) is 9.67. The van der Waals surface area contributed by atoms with Gasteiger partial charge in [0.2, 0.25) is 5.82 Å². The van der Waals surface area contributed by atoms with Gasteiger partial charge in [-0.05, 0) is 43.1 Å². The fraction of sp³-hybridized carbons (Fsp3) is 0.483. The molecule has 0 bridgehead atoms. The predicted octanol–water partition coefficient (Wildman–Crippen LogP) is 1.10. The van der Waals surface area contributed by atoms with Crippen LogP contribution < -0.4 is 11.1 Å². The second-order valence-corrected chi connectivity index (χ2v) is 10.9. The number of imidazole rings is 1. The van der Waals surface area contributed by atoms with Gasteiger partial charge < -0.3 is 35.6 Å². The fourth-order valence-electron chi connectivity index (χ4n) is 5.20. The van der Waals surface area contributed by atoms with Crippen LogP contribution in [0.4, 0.5) is 10.6 Å². The highest BCUT2D eigenvalue weighted by molar-refractivity contribution is 5.83. The van der Waals surface area contributed by atoms with Crippen LogP contribution in [0.3, 0.4) is 0 Å². The molecule has 3 aliphatic rings. The third-order valence-corrected chi connectivity index (χ3v) is 7.81. The molecule has 2 saturated heterocycles. The molecule has 3 aromatic rings. The number of benzene rings is 1. The second-order valence-electron chi connectivity index (χ2n) is 10.9. The van der Waals surface area contributed by atoms with Crippen LogP contribution in [0.5, 0.6) is 0 Å². The summed E-state index contributed by atoms with van der Waals surface area (Å²) in [7, 11) is 0. The summed E-state index contributed by atoms with van der Waals surface area (Å²) in [6.45, 7) is 1.45. The molecule has 2 amide bonds. The first-order valence-electron chi connectivity index (χ1n) is 14.1. The summed E-state index contributed by atoms with van der Waals surface area (Å²) in [5.74, 6) is 6.23. The fourth-order valence-corrected chi connectivity index (χ4v) is 5.20. The smallest absolute Gasteiger partial charge is 0.410 e. The molecule has 220 valence electrons. The van der Waals surface area contributed by atoms with Crippen LogP contribution in [0.25, 0.3) is 11.2 Å². The van der Waals surface area contributed by atoms with Crippen molar-refractivity contribution in [3.05, 3.63) is 48.0 Å². The number of nitrogen functional groups attached to an aromatic ring is 1. The highest BCUT2D eigenvalue weighted by atomic mass is 16.6. The lowest BCUT2D eigenvalue weighted by Crippen LogP contribution is -2.43. The van der Waals surface area contributed by atoms with E-state index in [4.69, 9.17) is 15.2 Å². The Hall–Kier alpha value is -4.25. The van der Waals surface area contributed by atoms with E-state index in [2.05, 4.69) is 32.1 Å². The number of carbonyl (C=O) groups excluding carboxylic acids is 2. The molecule has 42 heavy (non-hydrogen) atoms. The normalized spacial score (nSPS) is 24.3. The second kappa shape index (κ2) is 11.9. The van der Waals surface area contributed by atoms with Crippen LogP contribution in [-0.4, -0.2) is 84.1 Å². The number of aliphatic hydroxyl groups excluding tert-OH is 2. The monoisotopic (exact) mass is 575 g/mol. The SMILES string of the molecule is Nc1nc(C#CCC2CCN(C(=O)OCc3ccccc3)CC2)nc2c1ncn2[C@@H]1O[C@H](C(=O)NC2CC2)[C@H](O)C1O. The quantitative estimate of drug-likeness (QED) is 0.311. The molecule has 4 atom stereocenters. The number of piperidine rings is 1. The standard InChI is InChI=1S/C29H33N7O6/c30-25-21-26(36(16-31-21)28-23(38)22(37)24(42-28)27(39)32-19-9-10-19)34-20(33-25)8-4-7-17-11-13-35(14-12-17)29(40)41-15-18-5-2-1-3-6-18/h1-3,5-6,16-17,19,22-24,28,37-38H,7,9-15H2,(H,32,39)(H2,30,33,34)/t22-,23?,24+,28-/m1/s1. The molecule has 4 heterocycles. The Bertz CT molecular complexity index is 1510. The van der Waals surface area contributed by atoms with Crippen LogP contribution in [-0.2, 0) is 20.9 Å². The highest BCUT2D eigenvalue weighted by Gasteiger charge is 2.48. The number of ether oxygens (including phenoxy) is 2. The molecule has 1 aliphatic carbocycles. The Labute approximate surface area is 242 Å². The number of nitrogens with two attached hydrogens (primary N) is 1. The Morgan fingerprint density at radius 2 is 1.86 bits per heavy atom. The third-order valence-electron chi connectivity index (χ3n) is 7.81. The summed E-state index contributed by atoms with van der Waals surface area (Å²) in [4.78, 5) is 39.6. The molecule has 0 radical (unpaired) electrons. The van der Waals surface area contributed by atoms with E-state index in [9.17, 15) is 19.8 Å². The molecular formula is C29H33N7O6. The average molecular weight is 576 g/mol. The molecule has 1 unspecified atom stereocenters. The summed E-state index contributed by atoms with van der Waals surface area (Å²) in [5.41, 5.74) is 7.64. The van der Waals surface area contributed by atoms with Crippen molar-refractivity contribution in [3.8, 4) is 11.8 Å². The van der Waals surface area contributed by atoms with E-state index >= 15 is 0 Å². The van der Waals surface area contributed by atoms with E-state index in [-0.39, 0.29) is 36.0 Å². The number of aromatic nitrogens is 4. The van der Waals surface area contributed by atoms with Gasteiger partial charge in [-0.25, -0.2) is 19.7 Å². The zero-order valence-corrected chi connectivity index (χ0v) is 22.9.